The van der Waals surface area contributed by atoms with Gasteiger partial charge in [0.15, 0.2) is 0 Å². The average molecular weight is 279 g/mol. The lowest BCUT2D eigenvalue weighted by Crippen LogP contribution is -2.33. The lowest BCUT2D eigenvalue weighted by Gasteiger charge is -2.32. The Balaban J connectivity index is 1.66. The van der Waals surface area contributed by atoms with Crippen molar-refractivity contribution in [3.63, 3.8) is 0 Å². The van der Waals surface area contributed by atoms with E-state index in [0.29, 0.717) is 24.3 Å². The summed E-state index contributed by atoms with van der Waals surface area (Å²) >= 11 is 0. The summed E-state index contributed by atoms with van der Waals surface area (Å²) in [6.07, 6.45) is 7.88. The van der Waals surface area contributed by atoms with Gasteiger partial charge in [0.2, 0.25) is 0 Å². The summed E-state index contributed by atoms with van der Waals surface area (Å²) in [5.74, 6) is 0.221. The molecule has 0 amide bonds. The largest absolute Gasteiger partial charge is 0.314 e. The summed E-state index contributed by atoms with van der Waals surface area (Å²) in [6, 6.07) is 4.90. The van der Waals surface area contributed by atoms with Crippen molar-refractivity contribution >= 4 is 0 Å². The molecule has 0 heterocycles. The Hall–Kier alpha value is -0.960. The Morgan fingerprint density at radius 2 is 1.60 bits per heavy atom. The minimum absolute atomic E-state index is 0.288. The SMILES string of the molecule is Fc1cccc(F)c1CC1CCCCC1CNC1CC1. The zero-order valence-electron chi connectivity index (χ0n) is 11.9. The molecular formula is C17H23F2N. The van der Waals surface area contributed by atoms with Crippen LogP contribution in [0, 0.1) is 23.5 Å². The standard InChI is InChI=1S/C17H23F2N/c18-16-6-3-7-17(19)15(16)10-12-4-1-2-5-13(12)11-20-14-8-9-14/h3,6-7,12-14,20H,1-2,4-5,8-11H2. The molecule has 2 aliphatic rings. The Kier molecular flexibility index (Phi) is 4.35. The van der Waals surface area contributed by atoms with Crippen molar-refractivity contribution in [2.45, 2.75) is 51.0 Å². The van der Waals surface area contributed by atoms with E-state index in [1.807, 2.05) is 0 Å². The van der Waals surface area contributed by atoms with Crippen LogP contribution in [0.5, 0.6) is 0 Å². The van der Waals surface area contributed by atoms with Gasteiger partial charge < -0.3 is 5.32 Å². The predicted octanol–water partition coefficient (Wildman–Crippen LogP) is 4.07. The van der Waals surface area contributed by atoms with Crippen LogP contribution >= 0.6 is 0 Å². The quantitative estimate of drug-likeness (QED) is 0.857. The molecule has 2 atom stereocenters. The van der Waals surface area contributed by atoms with Crippen molar-refractivity contribution in [2.75, 3.05) is 6.54 Å². The third-order valence-corrected chi connectivity index (χ3v) is 4.84. The molecule has 0 bridgehead atoms. The van der Waals surface area contributed by atoms with E-state index in [1.54, 1.807) is 0 Å². The van der Waals surface area contributed by atoms with E-state index in [-0.39, 0.29) is 17.2 Å². The zero-order valence-corrected chi connectivity index (χ0v) is 11.9. The molecule has 2 fully saturated rings. The highest BCUT2D eigenvalue weighted by Crippen LogP contribution is 2.34. The summed E-state index contributed by atoms with van der Waals surface area (Å²) < 4.78 is 27.6. The third-order valence-electron chi connectivity index (χ3n) is 4.84. The van der Waals surface area contributed by atoms with E-state index >= 15 is 0 Å². The second kappa shape index (κ2) is 6.21. The molecule has 20 heavy (non-hydrogen) atoms. The fourth-order valence-electron chi connectivity index (χ4n) is 3.42. The first-order valence-corrected chi connectivity index (χ1v) is 7.90. The first kappa shape index (κ1) is 14.0. The van der Waals surface area contributed by atoms with Gasteiger partial charge in [0.25, 0.3) is 0 Å². The van der Waals surface area contributed by atoms with Crippen LogP contribution in [-0.4, -0.2) is 12.6 Å². The van der Waals surface area contributed by atoms with Gasteiger partial charge in [-0.15, -0.1) is 0 Å². The lowest BCUT2D eigenvalue weighted by molar-refractivity contribution is 0.225. The minimum Gasteiger partial charge on any atom is -0.314 e. The van der Waals surface area contributed by atoms with E-state index in [9.17, 15) is 8.78 Å². The van der Waals surface area contributed by atoms with E-state index in [0.717, 1.165) is 13.0 Å². The van der Waals surface area contributed by atoms with Crippen LogP contribution in [0.1, 0.15) is 44.1 Å². The van der Waals surface area contributed by atoms with E-state index in [4.69, 9.17) is 0 Å². The van der Waals surface area contributed by atoms with Crippen molar-refractivity contribution in [2.24, 2.45) is 11.8 Å². The number of nitrogens with one attached hydrogen (secondary N) is 1. The van der Waals surface area contributed by atoms with Gasteiger partial charge in [-0.05, 0) is 62.6 Å². The van der Waals surface area contributed by atoms with Gasteiger partial charge in [0, 0.05) is 11.6 Å². The van der Waals surface area contributed by atoms with Gasteiger partial charge in [-0.1, -0.05) is 18.9 Å². The number of benzene rings is 1. The molecular weight excluding hydrogens is 256 g/mol. The van der Waals surface area contributed by atoms with Crippen LogP contribution in [-0.2, 0) is 6.42 Å². The maximum Gasteiger partial charge on any atom is 0.129 e. The monoisotopic (exact) mass is 279 g/mol. The molecule has 2 unspecified atom stereocenters. The van der Waals surface area contributed by atoms with Crippen molar-refractivity contribution in [3.05, 3.63) is 35.4 Å². The number of hydrogen-bond donors (Lipinski definition) is 1. The number of rotatable bonds is 5. The van der Waals surface area contributed by atoms with Crippen molar-refractivity contribution in [3.8, 4) is 0 Å². The fourth-order valence-corrected chi connectivity index (χ4v) is 3.42. The van der Waals surface area contributed by atoms with Gasteiger partial charge >= 0.3 is 0 Å². The van der Waals surface area contributed by atoms with Crippen LogP contribution in [0.25, 0.3) is 0 Å². The smallest absolute Gasteiger partial charge is 0.129 e. The molecule has 3 heteroatoms. The summed E-state index contributed by atoms with van der Waals surface area (Å²) in [5, 5.41) is 3.58. The summed E-state index contributed by atoms with van der Waals surface area (Å²) in [6.45, 7) is 1.02. The van der Waals surface area contributed by atoms with E-state index < -0.39 is 0 Å². The van der Waals surface area contributed by atoms with Crippen LogP contribution < -0.4 is 5.32 Å². The number of halogens is 2. The van der Waals surface area contributed by atoms with Gasteiger partial charge in [0.05, 0.1) is 0 Å². The maximum absolute atomic E-state index is 13.8. The molecule has 0 saturated heterocycles. The highest BCUT2D eigenvalue weighted by Gasteiger charge is 2.29. The normalized spacial score (nSPS) is 26.7. The van der Waals surface area contributed by atoms with Crippen molar-refractivity contribution < 1.29 is 8.78 Å². The lowest BCUT2D eigenvalue weighted by atomic mass is 9.76. The summed E-state index contributed by atoms with van der Waals surface area (Å²) in [7, 11) is 0. The molecule has 2 aliphatic carbocycles. The van der Waals surface area contributed by atoms with Crippen LogP contribution in [0.2, 0.25) is 0 Å². The highest BCUT2D eigenvalue weighted by atomic mass is 19.1. The molecule has 1 aromatic rings. The van der Waals surface area contributed by atoms with Gasteiger partial charge in [-0.3, -0.25) is 0 Å². The van der Waals surface area contributed by atoms with Gasteiger partial charge in [-0.2, -0.15) is 0 Å². The molecule has 0 aromatic heterocycles. The molecule has 0 aliphatic heterocycles. The fraction of sp³-hybridized carbons (Fsp3) is 0.647. The Morgan fingerprint density at radius 3 is 2.25 bits per heavy atom. The second-order valence-electron chi connectivity index (χ2n) is 6.39. The molecule has 0 spiro atoms. The molecule has 0 radical (unpaired) electrons. The topological polar surface area (TPSA) is 12.0 Å². The molecule has 1 nitrogen and oxygen atoms in total. The minimum atomic E-state index is -0.385. The molecule has 110 valence electrons. The molecule has 1 aromatic carbocycles. The Morgan fingerprint density at radius 1 is 0.950 bits per heavy atom. The van der Waals surface area contributed by atoms with Gasteiger partial charge in [-0.25, -0.2) is 8.78 Å². The first-order valence-electron chi connectivity index (χ1n) is 7.90. The van der Waals surface area contributed by atoms with Crippen molar-refractivity contribution in [1.29, 1.82) is 0 Å². The number of hydrogen-bond acceptors (Lipinski definition) is 1. The predicted molar refractivity (Wildman–Crippen MR) is 76.5 cm³/mol. The zero-order chi connectivity index (χ0) is 13.9. The summed E-state index contributed by atoms with van der Waals surface area (Å²) in [4.78, 5) is 0. The maximum atomic E-state index is 13.8. The van der Waals surface area contributed by atoms with Crippen LogP contribution in [0.3, 0.4) is 0 Å². The first-order chi connectivity index (χ1) is 9.74. The Labute approximate surface area is 119 Å². The second-order valence-corrected chi connectivity index (χ2v) is 6.39. The average Bonchev–Trinajstić information content (AvgIpc) is 3.26. The van der Waals surface area contributed by atoms with Gasteiger partial charge in [0.1, 0.15) is 11.6 Å². The molecule has 2 saturated carbocycles. The van der Waals surface area contributed by atoms with Crippen LogP contribution in [0.4, 0.5) is 8.78 Å². The van der Waals surface area contributed by atoms with E-state index in [2.05, 4.69) is 5.32 Å². The highest BCUT2D eigenvalue weighted by molar-refractivity contribution is 5.20. The van der Waals surface area contributed by atoms with E-state index in [1.165, 1.54) is 50.3 Å². The third kappa shape index (κ3) is 3.38. The molecule has 1 N–H and O–H groups in total. The Bertz CT molecular complexity index is 436. The summed E-state index contributed by atoms with van der Waals surface area (Å²) in [5.41, 5.74) is 0.288. The van der Waals surface area contributed by atoms with Crippen LogP contribution in [0.15, 0.2) is 18.2 Å². The van der Waals surface area contributed by atoms with Crippen molar-refractivity contribution in [1.82, 2.24) is 5.32 Å². The molecule has 3 rings (SSSR count).